The van der Waals surface area contributed by atoms with Crippen molar-refractivity contribution in [3.63, 3.8) is 0 Å². The van der Waals surface area contributed by atoms with Gasteiger partial charge in [-0.25, -0.2) is 0 Å². The van der Waals surface area contributed by atoms with E-state index in [1.54, 1.807) is 0 Å². The van der Waals surface area contributed by atoms with Crippen LogP contribution < -0.4 is 5.32 Å². The highest BCUT2D eigenvalue weighted by molar-refractivity contribution is 4.84. The van der Waals surface area contributed by atoms with Gasteiger partial charge in [0.05, 0.1) is 0 Å². The molecule has 0 spiro atoms. The molecule has 2 aliphatic rings. The third-order valence-electron chi connectivity index (χ3n) is 2.68. The minimum Gasteiger partial charge on any atom is -0.311 e. The molecule has 0 aliphatic carbocycles. The summed E-state index contributed by atoms with van der Waals surface area (Å²) < 4.78 is 0. The second-order valence-electron chi connectivity index (χ2n) is 3.42. The molecule has 2 bridgehead atoms. The average molecular weight is 156 g/mol. The lowest BCUT2D eigenvalue weighted by atomic mass is 9.87. The van der Waals surface area contributed by atoms with Gasteiger partial charge in [0, 0.05) is 12.1 Å². The van der Waals surface area contributed by atoms with Crippen molar-refractivity contribution >= 4 is 0 Å². The van der Waals surface area contributed by atoms with E-state index in [-0.39, 0.29) is 0 Å². The van der Waals surface area contributed by atoms with E-state index < -0.39 is 0 Å². The van der Waals surface area contributed by atoms with Crippen LogP contribution in [0.5, 0.6) is 0 Å². The van der Waals surface area contributed by atoms with Gasteiger partial charge in [-0.05, 0) is 25.7 Å². The van der Waals surface area contributed by atoms with Gasteiger partial charge >= 0.3 is 0 Å². The smallest absolute Gasteiger partial charge is 0.00696 e. The van der Waals surface area contributed by atoms with Crippen LogP contribution in [0.2, 0.25) is 0 Å². The van der Waals surface area contributed by atoms with Crippen LogP contribution in [0.1, 0.15) is 38.5 Å². The fourth-order valence-corrected chi connectivity index (χ4v) is 2.18. The van der Waals surface area contributed by atoms with E-state index in [9.17, 15) is 0 Å². The minimum absolute atomic E-state index is 0.900. The van der Waals surface area contributed by atoms with Crippen LogP contribution in [0.25, 0.3) is 0 Å². The standard InChI is InChI=1S/C8H15N.HNO/c1-3-7-5-2-6-8(4-1)9-7;1-2/h7-9H,1-6H2;1H. The first kappa shape index (κ1) is 8.65. The maximum Gasteiger partial charge on any atom is 0.00696 e. The van der Waals surface area contributed by atoms with Gasteiger partial charge in [-0.3, -0.25) is 0 Å². The highest BCUT2D eigenvalue weighted by Gasteiger charge is 2.24. The molecule has 3 heteroatoms. The van der Waals surface area contributed by atoms with Crippen molar-refractivity contribution in [1.82, 2.24) is 5.32 Å². The first-order valence-corrected chi connectivity index (χ1v) is 4.41. The second kappa shape index (κ2) is 4.44. The lowest BCUT2D eigenvalue weighted by molar-refractivity contribution is 0.243. The van der Waals surface area contributed by atoms with E-state index in [4.69, 9.17) is 4.91 Å². The van der Waals surface area contributed by atoms with Crippen LogP contribution in [0.15, 0.2) is 0 Å². The molecule has 0 aromatic carbocycles. The van der Waals surface area contributed by atoms with Crippen molar-refractivity contribution in [2.75, 3.05) is 0 Å². The molecule has 11 heavy (non-hydrogen) atoms. The van der Waals surface area contributed by atoms with Crippen LogP contribution >= 0.6 is 0 Å². The Hall–Kier alpha value is -0.440. The van der Waals surface area contributed by atoms with Crippen molar-refractivity contribution < 1.29 is 0 Å². The zero-order chi connectivity index (χ0) is 8.10. The van der Waals surface area contributed by atoms with E-state index in [1.165, 1.54) is 38.5 Å². The van der Waals surface area contributed by atoms with Gasteiger partial charge in [-0.2, -0.15) is 4.91 Å². The molecule has 0 unspecified atom stereocenters. The highest BCUT2D eigenvalue weighted by Crippen LogP contribution is 2.24. The van der Waals surface area contributed by atoms with Crippen molar-refractivity contribution in [2.45, 2.75) is 50.6 Å². The van der Waals surface area contributed by atoms with Gasteiger partial charge in [0.15, 0.2) is 0 Å². The lowest BCUT2D eigenvalue weighted by Crippen LogP contribution is -2.45. The summed E-state index contributed by atoms with van der Waals surface area (Å²) in [5.41, 5.74) is 4.50. The Morgan fingerprint density at radius 1 is 0.909 bits per heavy atom. The van der Waals surface area contributed by atoms with Crippen molar-refractivity contribution in [3.8, 4) is 0 Å². The van der Waals surface area contributed by atoms with Crippen LogP contribution in [0.4, 0.5) is 0 Å². The van der Waals surface area contributed by atoms with Crippen LogP contribution in [-0.2, 0) is 0 Å². The molecule has 2 N–H and O–H groups in total. The van der Waals surface area contributed by atoms with Crippen molar-refractivity contribution in [1.29, 1.82) is 5.59 Å². The lowest BCUT2D eigenvalue weighted by Gasteiger charge is -2.35. The highest BCUT2D eigenvalue weighted by atomic mass is 16.2. The predicted molar refractivity (Wildman–Crippen MR) is 44.5 cm³/mol. The molecule has 0 atom stereocenters. The molecule has 2 saturated heterocycles. The third-order valence-corrected chi connectivity index (χ3v) is 2.68. The summed E-state index contributed by atoms with van der Waals surface area (Å²) in [7, 11) is 0. The van der Waals surface area contributed by atoms with Crippen LogP contribution in [0, 0.1) is 10.5 Å². The van der Waals surface area contributed by atoms with Crippen molar-refractivity contribution in [2.24, 2.45) is 0 Å². The fourth-order valence-electron chi connectivity index (χ4n) is 2.18. The molecule has 64 valence electrons. The molecule has 0 aromatic rings. The Bertz CT molecular complexity index is 98.7. The number of rotatable bonds is 0. The van der Waals surface area contributed by atoms with E-state index in [0.717, 1.165) is 12.1 Å². The number of hydrogen-bond donors (Lipinski definition) is 2. The van der Waals surface area contributed by atoms with Crippen LogP contribution in [0.3, 0.4) is 0 Å². The second-order valence-corrected chi connectivity index (χ2v) is 3.42. The first-order valence-electron chi connectivity index (χ1n) is 4.41. The molecule has 3 nitrogen and oxygen atoms in total. The molecule has 0 aromatic heterocycles. The van der Waals surface area contributed by atoms with Gasteiger partial charge in [-0.1, -0.05) is 18.4 Å². The predicted octanol–water partition coefficient (Wildman–Crippen LogP) is 2.01. The van der Waals surface area contributed by atoms with E-state index in [2.05, 4.69) is 10.9 Å². The van der Waals surface area contributed by atoms with Gasteiger partial charge in [-0.15, -0.1) is 0 Å². The molecule has 2 fully saturated rings. The Balaban J connectivity index is 0.000000281. The number of fused-ring (bicyclic) bond motifs is 2. The van der Waals surface area contributed by atoms with Crippen LogP contribution in [-0.4, -0.2) is 12.1 Å². The Morgan fingerprint density at radius 2 is 1.27 bits per heavy atom. The topological polar surface area (TPSA) is 53.0 Å². The van der Waals surface area contributed by atoms with Crippen molar-refractivity contribution in [3.05, 3.63) is 4.91 Å². The molecule has 2 rings (SSSR count). The van der Waals surface area contributed by atoms with E-state index in [0.29, 0.717) is 0 Å². The summed E-state index contributed by atoms with van der Waals surface area (Å²) in [6.07, 6.45) is 8.71. The summed E-state index contributed by atoms with van der Waals surface area (Å²) in [6, 6.07) is 1.80. The van der Waals surface area contributed by atoms with E-state index in [1.807, 2.05) is 0 Å². The molecular weight excluding hydrogens is 140 g/mol. The summed E-state index contributed by atoms with van der Waals surface area (Å²) in [4.78, 5) is 7.50. The molecule has 0 radical (unpaired) electrons. The molecule has 2 heterocycles. The number of nitrogens with one attached hydrogen (secondary N) is 2. The largest absolute Gasteiger partial charge is 0.311 e. The number of piperidine rings is 2. The normalized spacial score (nSPS) is 35.3. The minimum atomic E-state index is 0.900. The molecular formula is C8H16N2O. The fraction of sp³-hybridized carbons (Fsp3) is 1.00. The Morgan fingerprint density at radius 3 is 1.55 bits per heavy atom. The summed E-state index contributed by atoms with van der Waals surface area (Å²) in [5, 5.41) is 3.65. The third kappa shape index (κ3) is 2.26. The monoisotopic (exact) mass is 156 g/mol. The first-order chi connectivity index (χ1) is 5.45. The average Bonchev–Trinajstić information content (AvgIpc) is 2.08. The molecule has 0 saturated carbocycles. The van der Waals surface area contributed by atoms with Gasteiger partial charge in [0.1, 0.15) is 0 Å². The zero-order valence-corrected chi connectivity index (χ0v) is 6.81. The summed E-state index contributed by atoms with van der Waals surface area (Å²) in [5.74, 6) is 0. The zero-order valence-electron chi connectivity index (χ0n) is 6.81. The number of nitroso groups, excluding NO2 is 1. The maximum absolute atomic E-state index is 7.50. The molecule has 2 aliphatic heterocycles. The maximum atomic E-state index is 7.50. The molecule has 0 amide bonds. The summed E-state index contributed by atoms with van der Waals surface area (Å²) >= 11 is 0. The van der Waals surface area contributed by atoms with Gasteiger partial charge in [0.2, 0.25) is 0 Å². The summed E-state index contributed by atoms with van der Waals surface area (Å²) in [6.45, 7) is 0. The Kier molecular flexibility index (Phi) is 3.49. The van der Waals surface area contributed by atoms with Gasteiger partial charge < -0.3 is 5.32 Å². The van der Waals surface area contributed by atoms with Gasteiger partial charge in [0.25, 0.3) is 0 Å². The number of hydrogen-bond acceptors (Lipinski definition) is 3. The van der Waals surface area contributed by atoms with E-state index >= 15 is 0 Å². The quantitative estimate of drug-likeness (QED) is 0.527. The Labute approximate surface area is 67.3 Å². The SMILES string of the molecule is C1CC2CCCC(C1)N2.N=O.